The van der Waals surface area contributed by atoms with Crippen LogP contribution < -0.4 is 0 Å². The van der Waals surface area contributed by atoms with Crippen LogP contribution in [0.2, 0.25) is 0 Å². The normalized spacial score (nSPS) is 43.1. The van der Waals surface area contributed by atoms with Crippen molar-refractivity contribution in [1.82, 2.24) is 0 Å². The number of Topliss-reactive ketones (excluding diaryl/α,β-unsaturated/α-hetero) is 1. The van der Waals surface area contributed by atoms with Crippen LogP contribution in [0, 0.1) is 0 Å². The maximum atomic E-state index is 12.0. The van der Waals surface area contributed by atoms with Gasteiger partial charge >= 0.3 is 0 Å². The maximum absolute atomic E-state index is 12.0. The summed E-state index contributed by atoms with van der Waals surface area (Å²) < 4.78 is 76.5. The average Bonchev–Trinajstić information content (AvgIpc) is 2.37. The lowest BCUT2D eigenvalue weighted by Gasteiger charge is -2.13. The summed E-state index contributed by atoms with van der Waals surface area (Å²) in [5.41, 5.74) is -1.68. The van der Waals surface area contributed by atoms with Crippen molar-refractivity contribution in [1.29, 1.82) is 0 Å². The number of fused-ring (bicyclic) bond motifs is 1. The molecular weight excluding hydrogens is 136 g/mol. The molecule has 0 heterocycles. The third kappa shape index (κ3) is 1.18. The smallest absolute Gasteiger partial charge is 0.137 e. The Bertz CT molecular complexity index is 663. The van der Waals surface area contributed by atoms with Gasteiger partial charge in [0, 0.05) is 21.0 Å². The van der Waals surface area contributed by atoms with Crippen molar-refractivity contribution in [3.05, 3.63) is 35.3 Å². The molecule has 0 amide bonds. The van der Waals surface area contributed by atoms with Gasteiger partial charge in [-0.25, -0.2) is 0 Å². The van der Waals surface area contributed by atoms with Gasteiger partial charge in [0.25, 0.3) is 0 Å². The predicted octanol–water partition coefficient (Wildman–Crippen LogP) is 1.74. The highest BCUT2D eigenvalue weighted by atomic mass is 16.1. The number of carbonyl (C=O) groups is 1. The lowest BCUT2D eigenvalue weighted by Crippen LogP contribution is -2.12. The largest absolute Gasteiger partial charge is 0.299 e. The minimum atomic E-state index is -3.25. The molecule has 0 aliphatic heterocycles. The Labute approximate surface area is 80.1 Å². The number of hydrogen-bond acceptors (Lipinski definition) is 1. The maximum Gasteiger partial charge on any atom is 0.137 e. The molecule has 1 aromatic rings. The van der Waals surface area contributed by atoms with E-state index in [4.69, 9.17) is 13.7 Å². The van der Waals surface area contributed by atoms with Gasteiger partial charge in [-0.3, -0.25) is 4.79 Å². The van der Waals surface area contributed by atoms with Crippen molar-refractivity contribution >= 4 is 5.78 Å². The summed E-state index contributed by atoms with van der Waals surface area (Å²) in [6, 6.07) is -3.35. The molecule has 0 aromatic heterocycles. The second-order valence-corrected chi connectivity index (χ2v) is 1.95. The van der Waals surface area contributed by atoms with Gasteiger partial charge in [0.05, 0.1) is 5.48 Å². The van der Waals surface area contributed by atoms with E-state index in [0.29, 0.717) is 0 Å². The number of rotatable bonds is 0. The first-order chi connectivity index (χ1) is 9.29. The van der Waals surface area contributed by atoms with Gasteiger partial charge in [-0.05, 0) is 17.5 Å². The fraction of sp³-hybridized carbons (Fsp3) is 0.300. The predicted molar refractivity (Wildman–Crippen MR) is 43.5 cm³/mol. The number of carbonyl (C=O) groups excluding carboxylic acids is 1. The van der Waals surface area contributed by atoms with E-state index in [-0.39, 0.29) is 0 Å². The molecule has 0 spiro atoms. The van der Waals surface area contributed by atoms with Crippen molar-refractivity contribution in [3.63, 3.8) is 0 Å². The Hall–Kier alpha value is -1.11. The molecule has 11 heavy (non-hydrogen) atoms. The fourth-order valence-electron chi connectivity index (χ4n) is 0.764. The van der Waals surface area contributed by atoms with Gasteiger partial charge < -0.3 is 0 Å². The van der Waals surface area contributed by atoms with Gasteiger partial charge in [0.15, 0.2) is 0 Å². The lowest BCUT2D eigenvalue weighted by atomic mass is 9.91. The number of ketones is 1. The molecule has 0 saturated carbocycles. The number of benzene rings is 1. The summed E-state index contributed by atoms with van der Waals surface area (Å²) in [5, 5.41) is 0. The van der Waals surface area contributed by atoms with Gasteiger partial charge in [-0.1, -0.05) is 24.2 Å². The van der Waals surface area contributed by atoms with Gasteiger partial charge in [0.1, 0.15) is 5.78 Å². The Morgan fingerprint density at radius 2 is 2.00 bits per heavy atom. The Morgan fingerprint density at radius 3 is 2.82 bits per heavy atom. The zero-order valence-corrected chi connectivity index (χ0v) is 5.41. The minimum Gasteiger partial charge on any atom is -0.299 e. The van der Waals surface area contributed by atoms with Crippen molar-refractivity contribution in [3.8, 4) is 0 Å². The molecule has 0 saturated heterocycles. The molecule has 0 atom stereocenters. The van der Waals surface area contributed by atoms with Crippen LogP contribution in [0.1, 0.15) is 31.2 Å². The average molecular weight is 156 g/mol. The number of hydrogen-bond donors (Lipinski definition) is 0. The molecule has 1 aliphatic carbocycles. The van der Waals surface area contributed by atoms with E-state index in [1.54, 1.807) is 0 Å². The Balaban J connectivity index is 3.08. The molecule has 2 rings (SSSR count). The minimum absolute atomic E-state index is 0.798. The zero-order valence-electron chi connectivity index (χ0n) is 15.4. The highest BCUT2D eigenvalue weighted by Crippen LogP contribution is 2.17. The summed E-state index contributed by atoms with van der Waals surface area (Å²) in [7, 11) is 0. The second kappa shape index (κ2) is 2.50. The van der Waals surface area contributed by atoms with E-state index in [1.807, 2.05) is 0 Å². The first-order valence-electron chi connectivity index (χ1n) is 7.95. The van der Waals surface area contributed by atoms with Crippen LogP contribution in [-0.2, 0) is 17.5 Å². The van der Waals surface area contributed by atoms with Crippen LogP contribution in [0.4, 0.5) is 0 Å². The first kappa shape index (κ1) is 1.79. The highest BCUT2D eigenvalue weighted by Gasteiger charge is 2.13. The van der Waals surface area contributed by atoms with Crippen LogP contribution in [0.5, 0.6) is 0 Å². The summed E-state index contributed by atoms with van der Waals surface area (Å²) in [6.45, 7) is 0. The highest BCUT2D eigenvalue weighted by molar-refractivity contribution is 5.83. The molecule has 1 nitrogen and oxygen atoms in total. The van der Waals surface area contributed by atoms with Crippen LogP contribution >= 0.6 is 0 Å². The Kier molecular flexibility index (Phi) is 0.406. The summed E-state index contributed by atoms with van der Waals surface area (Å²) in [4.78, 5) is 12.0. The third-order valence-corrected chi connectivity index (χ3v) is 1.23. The summed E-state index contributed by atoms with van der Waals surface area (Å²) >= 11 is 0. The first-order valence-corrected chi connectivity index (χ1v) is 2.95. The summed E-state index contributed by atoms with van der Waals surface area (Å²) in [6.07, 6.45) is -9.36. The lowest BCUT2D eigenvalue weighted by molar-refractivity contribution is -0.118. The quantitative estimate of drug-likeness (QED) is 0.559. The molecule has 0 unspecified atom stereocenters. The standard InChI is InChI=1S/C10H10O/c11-10-6-5-8-3-1-2-4-9(8)7-10/h1-4H,5-7H2/i1D,2D,3D,4D,5D2,6D2,7D2. The van der Waals surface area contributed by atoms with Crippen molar-refractivity contribution in [2.24, 2.45) is 0 Å². The van der Waals surface area contributed by atoms with Crippen LogP contribution in [-0.4, -0.2) is 5.78 Å². The molecule has 0 N–H and O–H groups in total. The van der Waals surface area contributed by atoms with Crippen LogP contribution in [0.25, 0.3) is 0 Å². The SMILES string of the molecule is [2H]c1c([2H])c([2H])c2c(c1[2H])C([2H])([2H])C(=O)C([2H])([2H])C2([2H])[2H]. The van der Waals surface area contributed by atoms with E-state index in [0.717, 1.165) is 0 Å². The van der Waals surface area contributed by atoms with E-state index in [2.05, 4.69) is 0 Å². The molecule has 1 aromatic carbocycles. The van der Waals surface area contributed by atoms with Gasteiger partial charge in [-0.15, -0.1) is 0 Å². The summed E-state index contributed by atoms with van der Waals surface area (Å²) in [5.74, 6) is -1.70. The van der Waals surface area contributed by atoms with E-state index < -0.39 is 60.2 Å². The Morgan fingerprint density at radius 1 is 1.27 bits per heavy atom. The van der Waals surface area contributed by atoms with E-state index in [1.165, 1.54) is 0 Å². The van der Waals surface area contributed by atoms with E-state index in [9.17, 15) is 4.79 Å². The molecule has 0 fully saturated rings. The topological polar surface area (TPSA) is 17.1 Å². The molecule has 56 valence electrons. The molecule has 0 radical (unpaired) electrons. The second-order valence-electron chi connectivity index (χ2n) is 1.95. The van der Waals surface area contributed by atoms with Gasteiger partial charge in [0.2, 0.25) is 0 Å². The van der Waals surface area contributed by atoms with E-state index >= 15 is 0 Å². The van der Waals surface area contributed by atoms with Crippen molar-refractivity contribution < 1.29 is 18.5 Å². The van der Waals surface area contributed by atoms with Crippen LogP contribution in [0.15, 0.2) is 24.2 Å². The van der Waals surface area contributed by atoms with Crippen LogP contribution in [0.3, 0.4) is 0 Å². The molecular formula is C10H10O. The molecule has 1 aliphatic rings. The van der Waals surface area contributed by atoms with Gasteiger partial charge in [-0.2, -0.15) is 0 Å². The zero-order chi connectivity index (χ0) is 16.5. The fourth-order valence-corrected chi connectivity index (χ4v) is 0.764. The third-order valence-electron chi connectivity index (χ3n) is 1.23. The molecule has 0 bridgehead atoms. The van der Waals surface area contributed by atoms with Crippen molar-refractivity contribution in [2.45, 2.75) is 19.1 Å². The monoisotopic (exact) mass is 156 g/mol. The molecule has 1 heteroatoms. The van der Waals surface area contributed by atoms with Crippen molar-refractivity contribution in [2.75, 3.05) is 0 Å².